The number of nitrogens with zero attached hydrogens (tertiary/aromatic N) is 3. The number of carbonyl (C=O) groups excluding carboxylic acids is 2. The Morgan fingerprint density at radius 2 is 1.85 bits per heavy atom. The maximum absolute atomic E-state index is 13.0. The maximum atomic E-state index is 13.0. The largest absolute Gasteiger partial charge is 0.433 e. The minimum atomic E-state index is -4.68. The van der Waals surface area contributed by atoms with Crippen molar-refractivity contribution in [3.63, 3.8) is 0 Å². The molecule has 0 radical (unpaired) electrons. The fourth-order valence-corrected chi connectivity index (χ4v) is 4.31. The summed E-state index contributed by atoms with van der Waals surface area (Å²) in [5.41, 5.74) is -0.898. The van der Waals surface area contributed by atoms with Crippen molar-refractivity contribution in [1.29, 1.82) is 0 Å². The minimum absolute atomic E-state index is 0.0846. The van der Waals surface area contributed by atoms with Crippen LogP contribution in [0.2, 0.25) is 0 Å². The first-order valence-electron chi connectivity index (χ1n) is 11.0. The van der Waals surface area contributed by atoms with E-state index in [0.29, 0.717) is 11.2 Å². The second kappa shape index (κ2) is 8.83. The number of aldehydes is 1. The van der Waals surface area contributed by atoms with Crippen molar-refractivity contribution in [2.24, 2.45) is 5.92 Å². The molecular formula is C24H25F3N4O3. The predicted octanol–water partition coefficient (Wildman–Crippen LogP) is 4.70. The van der Waals surface area contributed by atoms with Gasteiger partial charge in [-0.05, 0) is 57.7 Å². The quantitative estimate of drug-likeness (QED) is 0.523. The molecule has 0 aliphatic heterocycles. The third-order valence-electron chi connectivity index (χ3n) is 6.17. The average molecular weight is 474 g/mol. The maximum Gasteiger partial charge on any atom is 0.433 e. The molecule has 0 saturated heterocycles. The zero-order valence-electron chi connectivity index (χ0n) is 18.8. The topological polar surface area (TPSA) is 96.6 Å². The second-order valence-corrected chi connectivity index (χ2v) is 9.20. The molecule has 3 aromatic rings. The van der Waals surface area contributed by atoms with E-state index in [1.165, 1.54) is 6.07 Å². The van der Waals surface area contributed by atoms with Crippen LogP contribution in [0.15, 0.2) is 36.7 Å². The summed E-state index contributed by atoms with van der Waals surface area (Å²) in [6, 6.07) is 4.75. The molecule has 7 nitrogen and oxygen atoms in total. The third-order valence-corrected chi connectivity index (χ3v) is 6.17. The molecule has 0 aromatic carbocycles. The second-order valence-electron chi connectivity index (χ2n) is 9.20. The van der Waals surface area contributed by atoms with Crippen molar-refractivity contribution in [3.05, 3.63) is 59.3 Å². The number of halogens is 3. The van der Waals surface area contributed by atoms with Gasteiger partial charge in [0.1, 0.15) is 23.3 Å². The number of fused-ring (bicyclic) bond motifs is 1. The van der Waals surface area contributed by atoms with Crippen LogP contribution >= 0.6 is 0 Å². The summed E-state index contributed by atoms with van der Waals surface area (Å²) >= 11 is 0. The van der Waals surface area contributed by atoms with Gasteiger partial charge in [0, 0.05) is 29.8 Å². The van der Waals surface area contributed by atoms with Crippen molar-refractivity contribution in [1.82, 2.24) is 14.4 Å². The van der Waals surface area contributed by atoms with Crippen LogP contribution < -0.4 is 5.32 Å². The van der Waals surface area contributed by atoms with Gasteiger partial charge in [0.25, 0.3) is 5.91 Å². The number of pyridine rings is 2. The number of anilines is 1. The molecule has 2 N–H and O–H groups in total. The van der Waals surface area contributed by atoms with Gasteiger partial charge in [-0.1, -0.05) is 6.07 Å². The number of hydrogen-bond acceptors (Lipinski definition) is 5. The molecule has 34 heavy (non-hydrogen) atoms. The van der Waals surface area contributed by atoms with Crippen LogP contribution in [-0.4, -0.2) is 31.7 Å². The molecule has 1 fully saturated rings. The van der Waals surface area contributed by atoms with Crippen LogP contribution in [0.4, 0.5) is 18.9 Å². The molecule has 1 aliphatic rings. The standard InChI is InChI=1S/C24H25F3N4O3/c1-23(2,34)16-10-21-29-18(15-8-6-14(13-32)7-9-15)11-31(21)12-19(16)30-22(33)17-4-3-5-20(28-17)24(25,26)27/h3-5,10-15,34H,6-9H2,1-2H3,(H,30,33). The Morgan fingerprint density at radius 3 is 2.47 bits per heavy atom. The number of imidazole rings is 1. The normalized spacial score (nSPS) is 19.2. The molecule has 0 unspecified atom stereocenters. The van der Waals surface area contributed by atoms with Crippen molar-refractivity contribution in [3.8, 4) is 0 Å². The number of aliphatic hydroxyl groups is 1. The Labute approximate surface area is 194 Å². The molecule has 0 atom stereocenters. The molecule has 0 spiro atoms. The van der Waals surface area contributed by atoms with Gasteiger partial charge >= 0.3 is 6.18 Å². The van der Waals surface area contributed by atoms with Crippen molar-refractivity contribution < 1.29 is 27.9 Å². The first-order valence-corrected chi connectivity index (χ1v) is 11.0. The summed E-state index contributed by atoms with van der Waals surface area (Å²) in [4.78, 5) is 31.9. The zero-order chi connectivity index (χ0) is 24.7. The first-order chi connectivity index (χ1) is 16.0. The van der Waals surface area contributed by atoms with E-state index in [0.717, 1.165) is 49.8 Å². The number of hydrogen-bond donors (Lipinski definition) is 2. The molecule has 0 bridgehead atoms. The number of aromatic nitrogens is 3. The number of carbonyl (C=O) groups is 2. The van der Waals surface area contributed by atoms with Crippen LogP contribution in [0.1, 0.15) is 72.9 Å². The van der Waals surface area contributed by atoms with E-state index >= 15 is 0 Å². The van der Waals surface area contributed by atoms with E-state index in [1.54, 1.807) is 30.5 Å². The Morgan fingerprint density at radius 1 is 1.15 bits per heavy atom. The monoisotopic (exact) mass is 474 g/mol. The number of amides is 1. The predicted molar refractivity (Wildman–Crippen MR) is 118 cm³/mol. The van der Waals surface area contributed by atoms with Gasteiger partial charge in [-0.15, -0.1) is 0 Å². The fourth-order valence-electron chi connectivity index (χ4n) is 4.31. The first kappa shape index (κ1) is 23.9. The summed E-state index contributed by atoms with van der Waals surface area (Å²) in [5, 5.41) is 13.3. The van der Waals surface area contributed by atoms with E-state index in [2.05, 4.69) is 10.3 Å². The molecule has 3 heterocycles. The molecule has 1 saturated carbocycles. The molecule has 180 valence electrons. The minimum Gasteiger partial charge on any atom is -0.386 e. The molecule has 10 heteroatoms. The highest BCUT2D eigenvalue weighted by atomic mass is 19.4. The summed E-state index contributed by atoms with van der Waals surface area (Å²) in [6.45, 7) is 3.09. The molecule has 4 rings (SSSR count). The van der Waals surface area contributed by atoms with Gasteiger partial charge in [0.15, 0.2) is 0 Å². The summed E-state index contributed by atoms with van der Waals surface area (Å²) in [5.74, 6) is -0.543. The summed E-state index contributed by atoms with van der Waals surface area (Å²) < 4.78 is 40.7. The Kier molecular flexibility index (Phi) is 6.20. The van der Waals surface area contributed by atoms with Crippen molar-refractivity contribution in [2.75, 3.05) is 5.32 Å². The zero-order valence-corrected chi connectivity index (χ0v) is 18.8. The lowest BCUT2D eigenvalue weighted by Gasteiger charge is -2.23. The smallest absolute Gasteiger partial charge is 0.386 e. The Hall–Kier alpha value is -3.27. The lowest BCUT2D eigenvalue weighted by atomic mass is 9.81. The lowest BCUT2D eigenvalue weighted by molar-refractivity contribution is -0.141. The Bertz CT molecular complexity index is 1220. The van der Waals surface area contributed by atoms with Gasteiger partial charge in [0.2, 0.25) is 0 Å². The highest BCUT2D eigenvalue weighted by Gasteiger charge is 2.33. The van der Waals surface area contributed by atoms with Gasteiger partial charge in [-0.25, -0.2) is 9.97 Å². The SMILES string of the molecule is CC(C)(O)c1cc2nc(C3CCC(C=O)CC3)cn2cc1NC(=O)c1cccc(C(F)(F)F)n1. The van der Waals surface area contributed by atoms with Gasteiger partial charge in [-0.3, -0.25) is 4.79 Å². The van der Waals surface area contributed by atoms with E-state index in [9.17, 15) is 27.9 Å². The highest BCUT2D eigenvalue weighted by Crippen LogP contribution is 2.36. The van der Waals surface area contributed by atoms with Crippen LogP contribution in [0.25, 0.3) is 5.65 Å². The highest BCUT2D eigenvalue weighted by molar-refractivity contribution is 6.03. The lowest BCUT2D eigenvalue weighted by Crippen LogP contribution is -2.22. The van der Waals surface area contributed by atoms with Gasteiger partial charge < -0.3 is 19.6 Å². The average Bonchev–Trinajstić information content (AvgIpc) is 3.20. The van der Waals surface area contributed by atoms with Crippen LogP contribution in [0.5, 0.6) is 0 Å². The van der Waals surface area contributed by atoms with Crippen molar-refractivity contribution >= 4 is 23.5 Å². The summed E-state index contributed by atoms with van der Waals surface area (Å²) in [6.07, 6.45) is 3.06. The number of rotatable bonds is 5. The van der Waals surface area contributed by atoms with Gasteiger partial charge in [-0.2, -0.15) is 13.2 Å². The van der Waals surface area contributed by atoms with Crippen LogP contribution in [0.3, 0.4) is 0 Å². The van der Waals surface area contributed by atoms with Crippen molar-refractivity contribution in [2.45, 2.75) is 57.2 Å². The third kappa shape index (κ3) is 4.96. The Balaban J connectivity index is 1.66. The molecule has 1 amide bonds. The molecule has 3 aromatic heterocycles. The van der Waals surface area contributed by atoms with Crippen LogP contribution in [-0.2, 0) is 16.6 Å². The van der Waals surface area contributed by atoms with E-state index in [1.807, 2.05) is 6.20 Å². The summed E-state index contributed by atoms with van der Waals surface area (Å²) in [7, 11) is 0. The number of nitrogens with one attached hydrogen (secondary N) is 1. The molecule has 1 aliphatic carbocycles. The van der Waals surface area contributed by atoms with Crippen LogP contribution in [0, 0.1) is 5.92 Å². The van der Waals surface area contributed by atoms with E-state index < -0.39 is 29.1 Å². The van der Waals surface area contributed by atoms with E-state index in [-0.39, 0.29) is 17.5 Å². The fraction of sp³-hybridized carbons (Fsp3) is 0.417. The van der Waals surface area contributed by atoms with E-state index in [4.69, 9.17) is 4.98 Å². The van der Waals surface area contributed by atoms with Gasteiger partial charge in [0.05, 0.1) is 17.0 Å². The molecular weight excluding hydrogens is 449 g/mol. The number of alkyl halides is 3.